The van der Waals surface area contributed by atoms with E-state index < -0.39 is 11.4 Å². The Balaban J connectivity index is 2.68. The van der Waals surface area contributed by atoms with Gasteiger partial charge in [-0.1, -0.05) is 13.0 Å². The van der Waals surface area contributed by atoms with Crippen LogP contribution < -0.4 is 10.1 Å². The molecule has 0 unspecified atom stereocenters. The van der Waals surface area contributed by atoms with Gasteiger partial charge in [-0.3, -0.25) is 9.59 Å². The van der Waals surface area contributed by atoms with Crippen LogP contribution in [0.25, 0.3) is 0 Å². The minimum Gasteiger partial charge on any atom is -0.491 e. The van der Waals surface area contributed by atoms with Crippen LogP contribution in [-0.2, 0) is 9.59 Å². The molecule has 0 aliphatic carbocycles. The second-order valence-electron chi connectivity index (χ2n) is 5.78. The molecule has 5 nitrogen and oxygen atoms in total. The normalized spacial score (nSPS) is 12.6. The predicted octanol–water partition coefficient (Wildman–Crippen LogP) is 3.30. The molecule has 2 N–H and O–H groups in total. The van der Waals surface area contributed by atoms with Crippen LogP contribution in [0.5, 0.6) is 5.75 Å². The molecule has 116 valence electrons. The van der Waals surface area contributed by atoms with Crippen LogP contribution in [0, 0.1) is 5.41 Å². The molecule has 0 aliphatic rings. The van der Waals surface area contributed by atoms with Gasteiger partial charge in [-0.2, -0.15) is 0 Å². The van der Waals surface area contributed by atoms with Crippen LogP contribution in [0.15, 0.2) is 24.3 Å². The van der Waals surface area contributed by atoms with Gasteiger partial charge in [0.05, 0.1) is 11.5 Å². The molecular weight excluding hydrogens is 270 g/mol. The fraction of sp³-hybridized carbons (Fsp3) is 0.500. The van der Waals surface area contributed by atoms with E-state index in [1.54, 1.807) is 18.2 Å². The monoisotopic (exact) mass is 293 g/mol. The Kier molecular flexibility index (Phi) is 5.76. The van der Waals surface area contributed by atoms with E-state index in [4.69, 9.17) is 9.84 Å². The smallest absolute Gasteiger partial charge is 0.309 e. The highest BCUT2D eigenvalue weighted by Crippen LogP contribution is 2.23. The van der Waals surface area contributed by atoms with Crippen LogP contribution in [0.1, 0.15) is 40.5 Å². The molecule has 21 heavy (non-hydrogen) atoms. The minimum absolute atomic E-state index is 0.0845. The molecule has 0 radical (unpaired) electrons. The molecule has 1 aromatic rings. The van der Waals surface area contributed by atoms with E-state index in [1.807, 2.05) is 19.9 Å². The lowest BCUT2D eigenvalue weighted by molar-refractivity contribution is -0.148. The number of carbonyl (C=O) groups excluding carboxylic acids is 1. The van der Waals surface area contributed by atoms with Gasteiger partial charge < -0.3 is 15.2 Å². The summed E-state index contributed by atoms with van der Waals surface area (Å²) in [6.45, 7) is 7.06. The average Bonchev–Trinajstić information content (AvgIpc) is 2.37. The number of rotatable bonds is 7. The molecule has 0 saturated carbocycles. The third-order valence-electron chi connectivity index (χ3n) is 3.21. The third-order valence-corrected chi connectivity index (χ3v) is 3.21. The van der Waals surface area contributed by atoms with Crippen LogP contribution in [0.4, 0.5) is 5.69 Å². The first kappa shape index (κ1) is 17.0. The van der Waals surface area contributed by atoms with Gasteiger partial charge in [-0.15, -0.1) is 0 Å². The van der Waals surface area contributed by atoms with Crippen LogP contribution in [0.3, 0.4) is 0 Å². The molecule has 1 amide bonds. The van der Waals surface area contributed by atoms with Crippen molar-refractivity contribution in [3.05, 3.63) is 24.3 Å². The van der Waals surface area contributed by atoms with Crippen molar-refractivity contribution in [1.82, 2.24) is 0 Å². The highest BCUT2D eigenvalue weighted by atomic mass is 16.5. The van der Waals surface area contributed by atoms with Gasteiger partial charge in [0.2, 0.25) is 5.91 Å². The number of aliphatic carboxylic acids is 1. The largest absolute Gasteiger partial charge is 0.491 e. The Bertz CT molecular complexity index is 511. The highest BCUT2D eigenvalue weighted by Gasteiger charge is 2.30. The van der Waals surface area contributed by atoms with E-state index in [9.17, 15) is 9.59 Å². The van der Waals surface area contributed by atoms with Crippen molar-refractivity contribution in [2.45, 2.75) is 46.6 Å². The van der Waals surface area contributed by atoms with E-state index in [1.165, 1.54) is 13.8 Å². The number of carbonyl (C=O) groups is 2. The van der Waals surface area contributed by atoms with Gasteiger partial charge in [0.1, 0.15) is 5.75 Å². The molecule has 0 heterocycles. The molecule has 1 atom stereocenters. The number of amides is 1. The van der Waals surface area contributed by atoms with Crippen LogP contribution in [-0.4, -0.2) is 23.1 Å². The Morgan fingerprint density at radius 1 is 1.38 bits per heavy atom. The topological polar surface area (TPSA) is 75.6 Å². The quantitative estimate of drug-likeness (QED) is 0.808. The van der Waals surface area contributed by atoms with E-state index in [-0.39, 0.29) is 18.4 Å². The summed E-state index contributed by atoms with van der Waals surface area (Å²) in [5, 5.41) is 11.7. The molecule has 0 fully saturated rings. The lowest BCUT2D eigenvalue weighted by Gasteiger charge is -2.18. The molecule has 5 heteroatoms. The number of carboxylic acid groups (broad SMARTS) is 1. The average molecular weight is 293 g/mol. The summed E-state index contributed by atoms with van der Waals surface area (Å²) in [6, 6.07) is 7.09. The number of hydrogen-bond acceptors (Lipinski definition) is 3. The first-order valence-electron chi connectivity index (χ1n) is 7.04. The zero-order chi connectivity index (χ0) is 16.0. The molecule has 0 bridgehead atoms. The first-order valence-corrected chi connectivity index (χ1v) is 7.04. The maximum absolute atomic E-state index is 11.9. The van der Waals surface area contributed by atoms with Gasteiger partial charge in [-0.05, 0) is 39.3 Å². The summed E-state index contributed by atoms with van der Waals surface area (Å²) in [5.74, 6) is -0.644. The van der Waals surface area contributed by atoms with Gasteiger partial charge in [0.15, 0.2) is 0 Å². The molecule has 1 aromatic carbocycles. The fourth-order valence-electron chi connectivity index (χ4n) is 1.64. The van der Waals surface area contributed by atoms with Crippen LogP contribution in [0.2, 0.25) is 0 Å². The number of carboxylic acids is 1. The molecule has 0 aliphatic heterocycles. The summed E-state index contributed by atoms with van der Waals surface area (Å²) in [4.78, 5) is 22.9. The fourth-order valence-corrected chi connectivity index (χ4v) is 1.64. The highest BCUT2D eigenvalue weighted by molar-refractivity contribution is 5.94. The van der Waals surface area contributed by atoms with Crippen molar-refractivity contribution in [3.8, 4) is 5.75 Å². The number of nitrogens with one attached hydrogen (secondary N) is 1. The maximum atomic E-state index is 11.9. The lowest BCUT2D eigenvalue weighted by atomic mass is 9.89. The second kappa shape index (κ2) is 7.11. The Morgan fingerprint density at radius 2 is 2.05 bits per heavy atom. The zero-order valence-corrected chi connectivity index (χ0v) is 13.0. The van der Waals surface area contributed by atoms with E-state index >= 15 is 0 Å². The number of ether oxygens (including phenoxy) is 1. The van der Waals surface area contributed by atoms with Crippen LogP contribution >= 0.6 is 0 Å². The van der Waals surface area contributed by atoms with Crippen molar-refractivity contribution >= 4 is 17.6 Å². The maximum Gasteiger partial charge on any atom is 0.309 e. The number of benzene rings is 1. The van der Waals surface area contributed by atoms with Crippen molar-refractivity contribution in [3.63, 3.8) is 0 Å². The van der Waals surface area contributed by atoms with Gasteiger partial charge in [0, 0.05) is 18.2 Å². The minimum atomic E-state index is -1.09. The van der Waals surface area contributed by atoms with E-state index in [0.717, 1.165) is 6.42 Å². The van der Waals surface area contributed by atoms with Crippen molar-refractivity contribution < 1.29 is 19.4 Å². The Hall–Kier alpha value is -2.04. The molecule has 1 rings (SSSR count). The first-order chi connectivity index (χ1) is 9.74. The Morgan fingerprint density at radius 3 is 2.62 bits per heavy atom. The SMILES string of the molecule is CC[C@H](C)Oc1cccc(NC(=O)CC(C)(C)C(=O)O)c1. The van der Waals surface area contributed by atoms with Crippen molar-refractivity contribution in [2.24, 2.45) is 5.41 Å². The molecule has 0 aromatic heterocycles. The standard InChI is InChI=1S/C16H23NO4/c1-5-11(2)21-13-8-6-7-12(9-13)17-14(18)10-16(3,4)15(19)20/h6-9,11H,5,10H2,1-4H3,(H,17,18)(H,19,20)/t11-/m0/s1. The predicted molar refractivity (Wildman–Crippen MR) is 81.5 cm³/mol. The number of hydrogen-bond donors (Lipinski definition) is 2. The van der Waals surface area contributed by atoms with Gasteiger partial charge >= 0.3 is 5.97 Å². The van der Waals surface area contributed by atoms with Gasteiger partial charge in [-0.25, -0.2) is 0 Å². The summed E-state index contributed by atoms with van der Waals surface area (Å²) in [5.41, 5.74) is -0.489. The van der Waals surface area contributed by atoms with E-state index in [2.05, 4.69) is 5.32 Å². The molecule has 0 spiro atoms. The van der Waals surface area contributed by atoms with Gasteiger partial charge in [0.25, 0.3) is 0 Å². The van der Waals surface area contributed by atoms with Crippen molar-refractivity contribution in [1.29, 1.82) is 0 Å². The summed E-state index contributed by atoms with van der Waals surface area (Å²) < 4.78 is 5.68. The summed E-state index contributed by atoms with van der Waals surface area (Å²) in [6.07, 6.45) is 0.907. The van der Waals surface area contributed by atoms with Crippen molar-refractivity contribution in [2.75, 3.05) is 5.32 Å². The summed E-state index contributed by atoms with van der Waals surface area (Å²) >= 11 is 0. The summed E-state index contributed by atoms with van der Waals surface area (Å²) in [7, 11) is 0. The zero-order valence-electron chi connectivity index (χ0n) is 13.0. The molecule has 0 saturated heterocycles. The Labute approximate surface area is 125 Å². The lowest BCUT2D eigenvalue weighted by Crippen LogP contribution is -2.29. The third kappa shape index (κ3) is 5.45. The second-order valence-corrected chi connectivity index (χ2v) is 5.78. The molecular formula is C16H23NO4. The number of anilines is 1. The van der Waals surface area contributed by atoms with E-state index in [0.29, 0.717) is 11.4 Å².